The number of H-pyrrole nitrogens is 1. The van der Waals surface area contributed by atoms with Gasteiger partial charge < -0.3 is 15.0 Å². The monoisotopic (exact) mass is 375 g/mol. The number of hydrogen-bond acceptors (Lipinski definition) is 4. The number of aromatic amines is 1. The number of rotatable bonds is 2. The van der Waals surface area contributed by atoms with Crippen molar-refractivity contribution in [1.82, 2.24) is 9.88 Å². The summed E-state index contributed by atoms with van der Waals surface area (Å²) in [4.78, 5) is 16.1. The third-order valence-corrected chi connectivity index (χ3v) is 5.06. The highest BCUT2D eigenvalue weighted by Crippen LogP contribution is 2.43. The van der Waals surface area contributed by atoms with Crippen molar-refractivity contribution in [2.45, 2.75) is 19.1 Å². The molecule has 0 amide bonds. The van der Waals surface area contributed by atoms with E-state index in [2.05, 4.69) is 15.1 Å². The smallest absolute Gasteiger partial charge is 0.416 e. The summed E-state index contributed by atoms with van der Waals surface area (Å²) < 4.78 is 38.6. The van der Waals surface area contributed by atoms with Gasteiger partial charge in [-0.2, -0.15) is 13.2 Å². The molecule has 0 saturated carbocycles. The van der Waals surface area contributed by atoms with Crippen LogP contribution < -0.4 is 0 Å². The van der Waals surface area contributed by atoms with E-state index in [-0.39, 0.29) is 11.6 Å². The van der Waals surface area contributed by atoms with E-state index in [0.29, 0.717) is 29.4 Å². The predicted octanol–water partition coefficient (Wildman–Crippen LogP) is 4.95. The van der Waals surface area contributed by atoms with Crippen molar-refractivity contribution in [3.05, 3.63) is 51.9 Å². The van der Waals surface area contributed by atoms with Gasteiger partial charge in [-0.3, -0.25) is 0 Å². The fourth-order valence-corrected chi connectivity index (χ4v) is 3.71. The van der Waals surface area contributed by atoms with Crippen molar-refractivity contribution in [3.8, 4) is 17.0 Å². The predicted molar refractivity (Wildman–Crippen MR) is 95.9 cm³/mol. The lowest BCUT2D eigenvalue weighted by molar-refractivity contribution is -0.137. The molecule has 1 aliphatic rings. The Morgan fingerprint density at radius 3 is 2.52 bits per heavy atom. The molecule has 0 fully saturated rings. The molecule has 8 heteroatoms. The molecule has 3 aromatic rings. The quantitative estimate of drug-likeness (QED) is 0.623. The maximum absolute atomic E-state index is 12.9. The summed E-state index contributed by atoms with van der Waals surface area (Å²) in [5.41, 5.74) is 3.14. The van der Waals surface area contributed by atoms with Gasteiger partial charge in [-0.05, 0) is 59.1 Å². The maximum Gasteiger partial charge on any atom is 0.416 e. The molecule has 2 heterocycles. The van der Waals surface area contributed by atoms with E-state index in [9.17, 15) is 23.2 Å². The maximum atomic E-state index is 12.9. The summed E-state index contributed by atoms with van der Waals surface area (Å²) in [6.45, 7) is 1.40. The zero-order valence-electron chi connectivity index (χ0n) is 14.4. The van der Waals surface area contributed by atoms with Gasteiger partial charge in [0.2, 0.25) is 5.88 Å². The highest BCUT2D eigenvalue weighted by Gasteiger charge is 2.30. The Balaban J connectivity index is 1.96. The van der Waals surface area contributed by atoms with Crippen LogP contribution in [0.5, 0.6) is 5.88 Å². The number of alkyl halides is 3. The minimum atomic E-state index is -4.40. The zero-order valence-corrected chi connectivity index (χ0v) is 14.4. The second-order valence-corrected chi connectivity index (χ2v) is 6.78. The molecule has 0 aliphatic carbocycles. The summed E-state index contributed by atoms with van der Waals surface area (Å²) in [5.74, 6) is -0.306. The molecule has 4 rings (SSSR count). The highest BCUT2D eigenvalue weighted by molar-refractivity contribution is 6.00. The number of aromatic hydroxyl groups is 1. The number of likely N-dealkylation sites (N-methyl/N-ethyl adjacent to an activating group) is 1. The van der Waals surface area contributed by atoms with Crippen molar-refractivity contribution in [3.63, 3.8) is 0 Å². The molecule has 0 radical (unpaired) electrons. The first-order valence-electron chi connectivity index (χ1n) is 8.38. The van der Waals surface area contributed by atoms with Crippen LogP contribution in [0.3, 0.4) is 0 Å². The molecule has 5 nitrogen and oxygen atoms in total. The molecule has 1 aromatic heterocycles. The Hall–Kier alpha value is -2.87. The number of nitrogens with zero attached hydrogens (tertiary/aromatic N) is 2. The van der Waals surface area contributed by atoms with Crippen LogP contribution in [0.2, 0.25) is 0 Å². The molecule has 0 atom stereocenters. The van der Waals surface area contributed by atoms with E-state index in [1.807, 2.05) is 7.05 Å². The molecule has 2 N–H and O–H groups in total. The van der Waals surface area contributed by atoms with Gasteiger partial charge in [0.15, 0.2) is 5.69 Å². The van der Waals surface area contributed by atoms with Crippen LogP contribution in [0.1, 0.15) is 16.7 Å². The van der Waals surface area contributed by atoms with Crippen molar-refractivity contribution >= 4 is 16.6 Å². The molecule has 2 aromatic carbocycles. The Morgan fingerprint density at radius 2 is 1.89 bits per heavy atom. The number of halogens is 3. The lowest BCUT2D eigenvalue weighted by Gasteiger charge is -2.27. The summed E-state index contributed by atoms with van der Waals surface area (Å²) in [6.07, 6.45) is -3.69. The van der Waals surface area contributed by atoms with Crippen molar-refractivity contribution in [1.29, 1.82) is 0 Å². The van der Waals surface area contributed by atoms with Crippen LogP contribution in [-0.4, -0.2) is 28.6 Å². The van der Waals surface area contributed by atoms with Crippen molar-refractivity contribution in [2.75, 3.05) is 13.6 Å². The van der Waals surface area contributed by atoms with Gasteiger partial charge in [0, 0.05) is 18.5 Å². The summed E-state index contributed by atoms with van der Waals surface area (Å²) in [6, 6.07) is 6.68. The van der Waals surface area contributed by atoms with Crippen LogP contribution in [0, 0.1) is 4.91 Å². The SMILES string of the molecule is CN1CCc2c(-c3ccc(C(F)(F)F)cc3)cc3c(N=O)c(O)[nH]c3c2C1. The second-order valence-electron chi connectivity index (χ2n) is 6.78. The van der Waals surface area contributed by atoms with E-state index in [0.717, 1.165) is 35.4 Å². The second kappa shape index (κ2) is 6.09. The third kappa shape index (κ3) is 2.86. The van der Waals surface area contributed by atoms with Gasteiger partial charge in [0.05, 0.1) is 11.1 Å². The highest BCUT2D eigenvalue weighted by atomic mass is 19.4. The minimum Gasteiger partial charge on any atom is -0.493 e. The molecule has 0 saturated heterocycles. The van der Waals surface area contributed by atoms with E-state index in [4.69, 9.17) is 0 Å². The number of fused-ring (bicyclic) bond motifs is 3. The lowest BCUT2D eigenvalue weighted by atomic mass is 9.88. The average Bonchev–Trinajstić information content (AvgIpc) is 2.95. The van der Waals surface area contributed by atoms with Crippen LogP contribution in [-0.2, 0) is 19.1 Å². The molecular weight excluding hydrogens is 359 g/mol. The van der Waals surface area contributed by atoms with Gasteiger partial charge in [0.1, 0.15) is 0 Å². The van der Waals surface area contributed by atoms with Crippen molar-refractivity contribution < 1.29 is 18.3 Å². The van der Waals surface area contributed by atoms with Crippen LogP contribution in [0.25, 0.3) is 22.0 Å². The molecule has 27 heavy (non-hydrogen) atoms. The van der Waals surface area contributed by atoms with E-state index >= 15 is 0 Å². The fourth-order valence-electron chi connectivity index (χ4n) is 3.71. The molecule has 1 aliphatic heterocycles. The number of nitrogens with one attached hydrogen (secondary N) is 1. The number of hydrogen-bond donors (Lipinski definition) is 2. The Bertz CT molecular complexity index is 1040. The van der Waals surface area contributed by atoms with Crippen molar-refractivity contribution in [2.24, 2.45) is 5.18 Å². The number of benzene rings is 2. The van der Waals surface area contributed by atoms with Crippen LogP contribution in [0.4, 0.5) is 18.9 Å². The molecule has 0 spiro atoms. The summed E-state index contributed by atoms with van der Waals surface area (Å²) in [7, 11) is 1.96. The summed E-state index contributed by atoms with van der Waals surface area (Å²) in [5, 5.41) is 13.4. The average molecular weight is 375 g/mol. The van der Waals surface area contributed by atoms with Gasteiger partial charge >= 0.3 is 6.18 Å². The molecule has 0 unspecified atom stereocenters. The van der Waals surface area contributed by atoms with Gasteiger partial charge in [-0.1, -0.05) is 12.1 Å². The first-order valence-corrected chi connectivity index (χ1v) is 8.38. The fraction of sp³-hybridized carbons (Fsp3) is 0.263. The first-order chi connectivity index (χ1) is 12.8. The molecular formula is C19H16F3N3O2. The zero-order chi connectivity index (χ0) is 19.3. The largest absolute Gasteiger partial charge is 0.493 e. The van der Waals surface area contributed by atoms with Crippen LogP contribution >= 0.6 is 0 Å². The standard InChI is InChI=1S/C19H16F3N3O2/c1-25-7-6-12-13(10-2-4-11(5-3-10)19(20,21)22)8-14-16(15(12)9-25)23-18(26)17(14)24-27/h2-5,8,23,26H,6-7,9H2,1H3. The Morgan fingerprint density at radius 1 is 1.19 bits per heavy atom. The van der Waals surface area contributed by atoms with Gasteiger partial charge in [-0.25, -0.2) is 0 Å². The first kappa shape index (κ1) is 17.5. The summed E-state index contributed by atoms with van der Waals surface area (Å²) >= 11 is 0. The van der Waals surface area contributed by atoms with E-state index < -0.39 is 11.7 Å². The van der Waals surface area contributed by atoms with E-state index in [1.165, 1.54) is 12.1 Å². The van der Waals surface area contributed by atoms with Gasteiger partial charge in [-0.15, -0.1) is 4.91 Å². The van der Waals surface area contributed by atoms with Crippen LogP contribution in [0.15, 0.2) is 35.5 Å². The molecule has 140 valence electrons. The number of nitroso groups, excluding NO2 is 1. The van der Waals surface area contributed by atoms with E-state index in [1.54, 1.807) is 6.07 Å². The normalized spacial score (nSPS) is 15.1. The lowest BCUT2D eigenvalue weighted by Crippen LogP contribution is -2.27. The molecule has 0 bridgehead atoms. The Labute approximate surface area is 152 Å². The number of aromatic nitrogens is 1. The minimum absolute atomic E-state index is 0.0887. The van der Waals surface area contributed by atoms with Gasteiger partial charge in [0.25, 0.3) is 0 Å². The topological polar surface area (TPSA) is 68.7 Å². The third-order valence-electron chi connectivity index (χ3n) is 5.06. The Kier molecular flexibility index (Phi) is 3.96.